The molecule has 5 rings (SSSR count). The van der Waals surface area contributed by atoms with Gasteiger partial charge in [0.15, 0.2) is 5.82 Å². The first-order valence-electron chi connectivity index (χ1n) is 11.0. The molecule has 35 heavy (non-hydrogen) atoms. The maximum atomic E-state index is 15.0. The molecule has 1 aliphatic heterocycles. The van der Waals surface area contributed by atoms with E-state index in [9.17, 15) is 4.79 Å². The Morgan fingerprint density at radius 3 is 2.74 bits per heavy atom. The van der Waals surface area contributed by atoms with Gasteiger partial charge >= 0.3 is 6.03 Å². The Balaban J connectivity index is 1.41. The molecule has 0 spiro atoms. The fraction of sp³-hybridized carbons (Fsp3) is 0.208. The van der Waals surface area contributed by atoms with Crippen LogP contribution in [0.1, 0.15) is 5.69 Å². The van der Waals surface area contributed by atoms with E-state index in [-0.39, 0.29) is 5.69 Å². The van der Waals surface area contributed by atoms with Gasteiger partial charge in [0, 0.05) is 47.4 Å². The zero-order valence-corrected chi connectivity index (χ0v) is 20.2. The van der Waals surface area contributed by atoms with Crippen LogP contribution in [0.4, 0.5) is 26.4 Å². The molecule has 0 unspecified atom stereocenters. The largest absolute Gasteiger partial charge is 0.382 e. The Morgan fingerprint density at radius 2 is 1.97 bits per heavy atom. The highest BCUT2D eigenvalue weighted by molar-refractivity contribution is 7.99. The number of nitrogens with two attached hydrogens (primary N) is 1. The summed E-state index contributed by atoms with van der Waals surface area (Å²) in [4.78, 5) is 18.8. The van der Waals surface area contributed by atoms with Crippen LogP contribution in [0.3, 0.4) is 0 Å². The number of rotatable bonds is 5. The first-order chi connectivity index (χ1) is 17.0. The van der Waals surface area contributed by atoms with E-state index in [1.807, 2.05) is 17.8 Å². The fourth-order valence-electron chi connectivity index (χ4n) is 4.09. The van der Waals surface area contributed by atoms with Gasteiger partial charge in [-0.15, -0.1) is 0 Å². The number of fused-ring (bicyclic) bond motifs is 1. The van der Waals surface area contributed by atoms with Gasteiger partial charge in [-0.1, -0.05) is 23.7 Å². The summed E-state index contributed by atoms with van der Waals surface area (Å²) in [5.41, 5.74) is 9.69. The van der Waals surface area contributed by atoms with Crippen LogP contribution in [0, 0.1) is 5.82 Å². The number of aromatic nitrogens is 3. The van der Waals surface area contributed by atoms with Crippen LogP contribution < -0.4 is 16.4 Å². The van der Waals surface area contributed by atoms with Crippen molar-refractivity contribution in [1.29, 1.82) is 0 Å². The summed E-state index contributed by atoms with van der Waals surface area (Å²) in [6.07, 6.45) is 1.42. The molecule has 2 aromatic heterocycles. The van der Waals surface area contributed by atoms with E-state index < -0.39 is 11.8 Å². The predicted molar refractivity (Wildman–Crippen MR) is 139 cm³/mol. The summed E-state index contributed by atoms with van der Waals surface area (Å²) < 4.78 is 16.8. The van der Waals surface area contributed by atoms with Crippen LogP contribution >= 0.6 is 23.4 Å². The summed E-state index contributed by atoms with van der Waals surface area (Å²) in [5, 5.41) is 10.1. The van der Waals surface area contributed by atoms with E-state index >= 15 is 4.39 Å². The Morgan fingerprint density at radius 1 is 1.14 bits per heavy atom. The third-order valence-electron chi connectivity index (χ3n) is 5.76. The number of nitrogens with zero attached hydrogens (tertiary/aromatic N) is 4. The number of urea groups is 1. The van der Waals surface area contributed by atoms with E-state index in [2.05, 4.69) is 25.6 Å². The maximum absolute atomic E-state index is 15.0. The van der Waals surface area contributed by atoms with Crippen molar-refractivity contribution in [3.63, 3.8) is 0 Å². The molecular formula is C24H23ClFN7OS. The van der Waals surface area contributed by atoms with Crippen molar-refractivity contribution in [1.82, 2.24) is 19.5 Å². The SMILES string of the molecule is Nc1ncnn2c(CN3CCSCC3)cc(-c3ccc(NC(=O)Nc4cccc(Cl)c4)c(F)c3)c12. The van der Waals surface area contributed by atoms with Gasteiger partial charge in [-0.2, -0.15) is 16.9 Å². The lowest BCUT2D eigenvalue weighted by Gasteiger charge is -2.25. The minimum Gasteiger partial charge on any atom is -0.382 e. The van der Waals surface area contributed by atoms with Crippen LogP contribution in [-0.2, 0) is 6.54 Å². The minimum atomic E-state index is -0.576. The predicted octanol–water partition coefficient (Wildman–Crippen LogP) is 4.96. The van der Waals surface area contributed by atoms with Gasteiger partial charge in [0.05, 0.1) is 11.4 Å². The summed E-state index contributed by atoms with van der Waals surface area (Å²) in [5.74, 6) is 1.93. The lowest BCUT2D eigenvalue weighted by Crippen LogP contribution is -2.32. The van der Waals surface area contributed by atoms with Crippen LogP contribution in [0.5, 0.6) is 0 Å². The van der Waals surface area contributed by atoms with Gasteiger partial charge in [-0.3, -0.25) is 4.90 Å². The van der Waals surface area contributed by atoms with Crippen molar-refractivity contribution in [3.05, 3.63) is 71.4 Å². The number of amides is 2. The van der Waals surface area contributed by atoms with Crippen LogP contribution in [0.2, 0.25) is 5.02 Å². The number of carbonyl (C=O) groups is 1. The molecule has 8 nitrogen and oxygen atoms in total. The number of thioether (sulfide) groups is 1. The molecule has 4 N–H and O–H groups in total. The van der Waals surface area contributed by atoms with E-state index in [1.165, 1.54) is 18.5 Å². The molecule has 0 atom stereocenters. The van der Waals surface area contributed by atoms with Crippen molar-refractivity contribution >= 4 is 52.1 Å². The standard InChI is InChI=1S/C24H23ClFN7OS/c25-16-2-1-3-17(11-16)30-24(34)31-21-5-4-15(10-20(21)26)19-12-18(13-32-6-8-35-9-7-32)33-22(19)23(27)28-14-29-33/h1-5,10-12,14H,6-9,13H2,(H2,27,28,29)(H2,30,31,34). The van der Waals surface area contributed by atoms with Gasteiger partial charge in [0.2, 0.25) is 0 Å². The van der Waals surface area contributed by atoms with Crippen molar-refractivity contribution in [2.45, 2.75) is 6.54 Å². The van der Waals surface area contributed by atoms with Gasteiger partial charge in [0.1, 0.15) is 17.7 Å². The molecule has 1 saturated heterocycles. The number of halogens is 2. The maximum Gasteiger partial charge on any atom is 0.323 e. The zero-order chi connectivity index (χ0) is 24.4. The lowest BCUT2D eigenvalue weighted by molar-refractivity contribution is 0.262. The molecule has 11 heteroatoms. The van der Waals surface area contributed by atoms with Crippen molar-refractivity contribution < 1.29 is 9.18 Å². The summed E-state index contributed by atoms with van der Waals surface area (Å²) in [6, 6.07) is 12.7. The smallest absolute Gasteiger partial charge is 0.323 e. The second-order valence-electron chi connectivity index (χ2n) is 8.13. The lowest BCUT2D eigenvalue weighted by atomic mass is 10.1. The molecule has 4 aromatic rings. The summed E-state index contributed by atoms with van der Waals surface area (Å²) >= 11 is 7.89. The Labute approximate surface area is 210 Å². The number of hydrogen-bond acceptors (Lipinski definition) is 6. The van der Waals surface area contributed by atoms with E-state index in [4.69, 9.17) is 17.3 Å². The number of benzene rings is 2. The molecule has 0 radical (unpaired) electrons. The molecule has 1 fully saturated rings. The number of carbonyl (C=O) groups excluding carboxylic acids is 1. The summed E-state index contributed by atoms with van der Waals surface area (Å²) in [6.45, 7) is 2.71. The van der Waals surface area contributed by atoms with E-state index in [0.29, 0.717) is 34.2 Å². The monoisotopic (exact) mass is 511 g/mol. The fourth-order valence-corrected chi connectivity index (χ4v) is 5.26. The van der Waals surface area contributed by atoms with Crippen LogP contribution in [0.25, 0.3) is 16.6 Å². The summed E-state index contributed by atoms with van der Waals surface area (Å²) in [7, 11) is 0. The highest BCUT2D eigenvalue weighted by Crippen LogP contribution is 2.33. The van der Waals surface area contributed by atoms with Crippen molar-refractivity contribution in [2.75, 3.05) is 41.0 Å². The first-order valence-corrected chi connectivity index (χ1v) is 12.6. The molecule has 2 aromatic carbocycles. The van der Waals surface area contributed by atoms with Crippen molar-refractivity contribution in [2.24, 2.45) is 0 Å². The zero-order valence-electron chi connectivity index (χ0n) is 18.7. The average Bonchev–Trinajstić information content (AvgIpc) is 3.20. The quantitative estimate of drug-likeness (QED) is 0.350. The number of hydrogen-bond donors (Lipinski definition) is 3. The third-order valence-corrected chi connectivity index (χ3v) is 6.93. The molecule has 0 bridgehead atoms. The van der Waals surface area contributed by atoms with E-state index in [1.54, 1.807) is 34.8 Å². The molecule has 180 valence electrons. The Hall–Kier alpha value is -3.34. The molecular weight excluding hydrogens is 489 g/mol. The minimum absolute atomic E-state index is 0.0482. The number of nitrogens with one attached hydrogen (secondary N) is 2. The van der Waals surface area contributed by atoms with Gasteiger partial charge in [-0.25, -0.2) is 18.7 Å². The van der Waals surface area contributed by atoms with Crippen molar-refractivity contribution in [3.8, 4) is 11.1 Å². The first kappa shape index (κ1) is 23.4. The Kier molecular flexibility index (Phi) is 6.76. The second-order valence-corrected chi connectivity index (χ2v) is 9.79. The van der Waals surface area contributed by atoms with Gasteiger partial charge in [0.25, 0.3) is 0 Å². The molecule has 2 amide bonds. The molecule has 0 aliphatic carbocycles. The normalized spacial score (nSPS) is 14.2. The van der Waals surface area contributed by atoms with Crippen LogP contribution in [0.15, 0.2) is 54.9 Å². The molecule has 3 heterocycles. The third kappa shape index (κ3) is 5.19. The number of anilines is 3. The molecule has 0 saturated carbocycles. The Bertz CT molecular complexity index is 1390. The second kappa shape index (κ2) is 10.1. The highest BCUT2D eigenvalue weighted by Gasteiger charge is 2.19. The van der Waals surface area contributed by atoms with E-state index in [0.717, 1.165) is 35.9 Å². The van der Waals surface area contributed by atoms with Gasteiger partial charge in [-0.05, 0) is 42.0 Å². The highest BCUT2D eigenvalue weighted by atomic mass is 35.5. The average molecular weight is 512 g/mol. The molecule has 1 aliphatic rings. The topological polar surface area (TPSA) is 101 Å². The van der Waals surface area contributed by atoms with Crippen LogP contribution in [-0.4, -0.2) is 50.1 Å². The number of nitrogen functional groups attached to an aromatic ring is 1. The van der Waals surface area contributed by atoms with Gasteiger partial charge < -0.3 is 16.4 Å².